The largest absolute Gasteiger partial charge is 0.494 e. The highest BCUT2D eigenvalue weighted by Crippen LogP contribution is 2.33. The number of benzene rings is 2. The van der Waals surface area contributed by atoms with Gasteiger partial charge in [0.05, 0.1) is 21.8 Å². The Bertz CT molecular complexity index is 871. The molecule has 0 aliphatic carbocycles. The molecule has 1 fully saturated rings. The quantitative estimate of drug-likeness (QED) is 0.671. The Morgan fingerprint density at radius 1 is 1.23 bits per heavy atom. The van der Waals surface area contributed by atoms with Crippen molar-refractivity contribution in [3.63, 3.8) is 0 Å². The molecular formula is C21H22N2O2S. The summed E-state index contributed by atoms with van der Waals surface area (Å²) in [6.07, 6.45) is 2.11. The number of nitrogens with zero attached hydrogens (tertiary/aromatic N) is 2. The van der Waals surface area contributed by atoms with Crippen molar-refractivity contribution in [3.05, 3.63) is 59.1 Å². The number of para-hydroxylation sites is 1. The average molecular weight is 366 g/mol. The number of carbonyl (C=O) groups excluding carboxylic acids is 1. The van der Waals surface area contributed by atoms with E-state index in [2.05, 4.69) is 12.1 Å². The molecule has 134 valence electrons. The highest BCUT2D eigenvalue weighted by Gasteiger charge is 2.27. The van der Waals surface area contributed by atoms with Crippen LogP contribution in [0.4, 0.5) is 0 Å². The van der Waals surface area contributed by atoms with E-state index in [0.29, 0.717) is 12.5 Å². The minimum absolute atomic E-state index is 0.0962. The van der Waals surface area contributed by atoms with Gasteiger partial charge in [-0.1, -0.05) is 12.1 Å². The fourth-order valence-corrected chi connectivity index (χ4v) is 4.56. The summed E-state index contributed by atoms with van der Waals surface area (Å²) in [7, 11) is 0. The number of likely N-dealkylation sites (tertiary alicyclic amines) is 1. The van der Waals surface area contributed by atoms with Crippen LogP contribution < -0.4 is 4.74 Å². The third-order valence-electron chi connectivity index (χ3n) is 4.78. The van der Waals surface area contributed by atoms with Gasteiger partial charge in [-0.25, -0.2) is 4.98 Å². The minimum atomic E-state index is 0.0962. The van der Waals surface area contributed by atoms with Gasteiger partial charge in [0.25, 0.3) is 5.91 Å². The standard InChI is InChI=1S/C21H22N2O2S/c1-2-25-17-11-9-15(10-12-17)21(24)23-13-5-6-16(14-23)20-22-18-7-3-4-8-19(18)26-20/h3-4,7-12,16H,2,5-6,13-14H2,1H3/t16-/m1/s1. The molecule has 1 saturated heterocycles. The highest BCUT2D eigenvalue weighted by molar-refractivity contribution is 7.18. The summed E-state index contributed by atoms with van der Waals surface area (Å²) in [5, 5.41) is 1.15. The Morgan fingerprint density at radius 3 is 2.81 bits per heavy atom. The van der Waals surface area contributed by atoms with Crippen LogP contribution in [0.15, 0.2) is 48.5 Å². The van der Waals surface area contributed by atoms with Gasteiger partial charge in [0.1, 0.15) is 5.75 Å². The zero-order valence-electron chi connectivity index (χ0n) is 14.9. The molecule has 4 rings (SSSR count). The van der Waals surface area contributed by atoms with E-state index in [0.717, 1.165) is 47.8 Å². The number of thiazole rings is 1. The molecule has 0 spiro atoms. The first-order valence-electron chi connectivity index (χ1n) is 9.12. The van der Waals surface area contributed by atoms with Crippen molar-refractivity contribution in [3.8, 4) is 5.75 Å². The SMILES string of the molecule is CCOc1ccc(C(=O)N2CCC[C@@H](c3nc4ccccc4s3)C2)cc1. The van der Waals surface area contributed by atoms with Crippen LogP contribution in [-0.4, -0.2) is 35.5 Å². The second-order valence-electron chi connectivity index (χ2n) is 6.57. The number of amides is 1. The molecule has 0 radical (unpaired) electrons. The van der Waals surface area contributed by atoms with Gasteiger partial charge in [0.2, 0.25) is 0 Å². The fourth-order valence-electron chi connectivity index (χ4n) is 3.47. The van der Waals surface area contributed by atoms with Gasteiger partial charge >= 0.3 is 0 Å². The van der Waals surface area contributed by atoms with E-state index < -0.39 is 0 Å². The van der Waals surface area contributed by atoms with Gasteiger partial charge in [-0.3, -0.25) is 4.79 Å². The molecule has 26 heavy (non-hydrogen) atoms. The first-order chi connectivity index (χ1) is 12.7. The molecule has 1 aliphatic heterocycles. The van der Waals surface area contributed by atoms with E-state index in [9.17, 15) is 4.79 Å². The number of piperidine rings is 1. The van der Waals surface area contributed by atoms with Gasteiger partial charge in [-0.05, 0) is 56.2 Å². The molecule has 1 atom stereocenters. The molecule has 5 heteroatoms. The molecule has 0 unspecified atom stereocenters. The number of rotatable bonds is 4. The molecular weight excluding hydrogens is 344 g/mol. The normalized spacial score (nSPS) is 17.4. The number of hydrogen-bond donors (Lipinski definition) is 0. The van der Waals surface area contributed by atoms with Gasteiger partial charge < -0.3 is 9.64 Å². The van der Waals surface area contributed by atoms with Crippen LogP contribution >= 0.6 is 11.3 Å². The van der Waals surface area contributed by atoms with E-state index in [-0.39, 0.29) is 5.91 Å². The Hall–Kier alpha value is -2.40. The van der Waals surface area contributed by atoms with E-state index in [1.807, 2.05) is 48.2 Å². The number of carbonyl (C=O) groups is 1. The molecule has 0 saturated carbocycles. The Morgan fingerprint density at radius 2 is 2.04 bits per heavy atom. The third kappa shape index (κ3) is 3.44. The Balaban J connectivity index is 1.49. The van der Waals surface area contributed by atoms with Gasteiger partial charge in [0.15, 0.2) is 0 Å². The van der Waals surface area contributed by atoms with Crippen LogP contribution in [0.3, 0.4) is 0 Å². The van der Waals surface area contributed by atoms with Crippen LogP contribution in [0.2, 0.25) is 0 Å². The molecule has 0 N–H and O–H groups in total. The molecule has 0 bridgehead atoms. The molecule has 1 aliphatic rings. The molecule has 2 aromatic carbocycles. The summed E-state index contributed by atoms with van der Waals surface area (Å²) in [5.41, 5.74) is 1.78. The van der Waals surface area contributed by atoms with Crippen molar-refractivity contribution in [2.45, 2.75) is 25.7 Å². The second kappa shape index (κ2) is 7.46. The molecule has 4 nitrogen and oxygen atoms in total. The van der Waals surface area contributed by atoms with E-state index in [1.54, 1.807) is 11.3 Å². The fraction of sp³-hybridized carbons (Fsp3) is 0.333. The van der Waals surface area contributed by atoms with E-state index in [4.69, 9.17) is 9.72 Å². The molecule has 2 heterocycles. The lowest BCUT2D eigenvalue weighted by atomic mass is 9.98. The van der Waals surface area contributed by atoms with Crippen LogP contribution in [0.25, 0.3) is 10.2 Å². The predicted octanol–water partition coefficient (Wildman–Crippen LogP) is 4.71. The smallest absolute Gasteiger partial charge is 0.253 e. The number of ether oxygens (including phenoxy) is 1. The predicted molar refractivity (Wildman–Crippen MR) is 105 cm³/mol. The molecule has 3 aromatic rings. The molecule has 1 aromatic heterocycles. The topological polar surface area (TPSA) is 42.4 Å². The lowest BCUT2D eigenvalue weighted by Crippen LogP contribution is -2.39. The second-order valence-corrected chi connectivity index (χ2v) is 7.63. The zero-order valence-corrected chi connectivity index (χ0v) is 15.7. The number of hydrogen-bond acceptors (Lipinski definition) is 4. The maximum Gasteiger partial charge on any atom is 0.253 e. The summed E-state index contributed by atoms with van der Waals surface area (Å²) in [5.74, 6) is 1.22. The highest BCUT2D eigenvalue weighted by atomic mass is 32.1. The zero-order chi connectivity index (χ0) is 17.9. The minimum Gasteiger partial charge on any atom is -0.494 e. The summed E-state index contributed by atoms with van der Waals surface area (Å²) in [6.45, 7) is 4.14. The molecule has 1 amide bonds. The van der Waals surface area contributed by atoms with Crippen LogP contribution in [-0.2, 0) is 0 Å². The lowest BCUT2D eigenvalue weighted by molar-refractivity contribution is 0.0707. The first kappa shape index (κ1) is 17.0. The van der Waals surface area contributed by atoms with Crippen LogP contribution in [0.1, 0.15) is 41.0 Å². The summed E-state index contributed by atoms with van der Waals surface area (Å²) < 4.78 is 6.68. The maximum atomic E-state index is 12.9. The first-order valence-corrected chi connectivity index (χ1v) is 9.94. The van der Waals surface area contributed by atoms with Crippen molar-refractivity contribution >= 4 is 27.5 Å². The van der Waals surface area contributed by atoms with Crippen LogP contribution in [0, 0.1) is 0 Å². The van der Waals surface area contributed by atoms with Crippen molar-refractivity contribution in [1.82, 2.24) is 9.88 Å². The number of aromatic nitrogens is 1. The maximum absolute atomic E-state index is 12.9. The lowest BCUT2D eigenvalue weighted by Gasteiger charge is -2.32. The average Bonchev–Trinajstić information content (AvgIpc) is 3.13. The summed E-state index contributed by atoms with van der Waals surface area (Å²) in [4.78, 5) is 19.7. The summed E-state index contributed by atoms with van der Waals surface area (Å²) in [6, 6.07) is 15.7. The van der Waals surface area contributed by atoms with Gasteiger partial charge in [0, 0.05) is 24.6 Å². The Kier molecular flexibility index (Phi) is 4.89. The summed E-state index contributed by atoms with van der Waals surface area (Å²) >= 11 is 1.76. The van der Waals surface area contributed by atoms with Crippen LogP contribution in [0.5, 0.6) is 5.75 Å². The Labute approximate surface area is 157 Å². The van der Waals surface area contributed by atoms with Crippen molar-refractivity contribution in [1.29, 1.82) is 0 Å². The third-order valence-corrected chi connectivity index (χ3v) is 5.98. The van der Waals surface area contributed by atoms with Crippen molar-refractivity contribution in [2.75, 3.05) is 19.7 Å². The van der Waals surface area contributed by atoms with Crippen molar-refractivity contribution in [2.24, 2.45) is 0 Å². The van der Waals surface area contributed by atoms with Gasteiger partial charge in [-0.2, -0.15) is 0 Å². The van der Waals surface area contributed by atoms with Gasteiger partial charge in [-0.15, -0.1) is 11.3 Å². The van der Waals surface area contributed by atoms with Crippen molar-refractivity contribution < 1.29 is 9.53 Å². The monoisotopic (exact) mass is 366 g/mol. The van der Waals surface area contributed by atoms with E-state index >= 15 is 0 Å². The van der Waals surface area contributed by atoms with E-state index in [1.165, 1.54) is 4.70 Å². The number of fused-ring (bicyclic) bond motifs is 1.